The lowest BCUT2D eigenvalue weighted by molar-refractivity contribution is 0.295. The van der Waals surface area contributed by atoms with E-state index in [1.807, 2.05) is 18.1 Å². The summed E-state index contributed by atoms with van der Waals surface area (Å²) in [6, 6.07) is 8.26. The van der Waals surface area contributed by atoms with E-state index in [1.165, 1.54) is 6.08 Å². The van der Waals surface area contributed by atoms with Gasteiger partial charge in [0.05, 0.1) is 0 Å². The van der Waals surface area contributed by atoms with Crippen molar-refractivity contribution in [2.45, 2.75) is 33.1 Å². The van der Waals surface area contributed by atoms with Gasteiger partial charge < -0.3 is 21.2 Å². The predicted octanol–water partition coefficient (Wildman–Crippen LogP) is 5.70. The first kappa shape index (κ1) is 30.0. The van der Waals surface area contributed by atoms with Crippen LogP contribution in [0.3, 0.4) is 0 Å². The summed E-state index contributed by atoms with van der Waals surface area (Å²) in [6.07, 6.45) is 15.4. The highest BCUT2D eigenvalue weighted by molar-refractivity contribution is 5.93. The van der Waals surface area contributed by atoms with Crippen LogP contribution in [0.2, 0.25) is 0 Å². The zero-order valence-electron chi connectivity index (χ0n) is 21.6. The van der Waals surface area contributed by atoms with Crippen molar-refractivity contribution in [3.8, 4) is 0 Å². The lowest BCUT2D eigenvalue weighted by Crippen LogP contribution is -2.13. The zero-order valence-corrected chi connectivity index (χ0v) is 21.6. The van der Waals surface area contributed by atoms with Crippen LogP contribution in [0.5, 0.6) is 0 Å². The van der Waals surface area contributed by atoms with Gasteiger partial charge >= 0.3 is 0 Å². The molecule has 0 aliphatic rings. The fourth-order valence-electron chi connectivity index (χ4n) is 3.30. The number of benzene rings is 1. The number of carbonyl (C=O) groups excluding carboxylic acids is 1. The van der Waals surface area contributed by atoms with Crippen LogP contribution in [0.1, 0.15) is 37.8 Å². The second-order valence-corrected chi connectivity index (χ2v) is 7.98. The molecule has 36 heavy (non-hydrogen) atoms. The molecule has 0 heterocycles. The molecule has 0 saturated carbocycles. The molecular formula is C30H38N4O2. The van der Waals surface area contributed by atoms with Crippen LogP contribution >= 0.6 is 0 Å². The molecule has 1 atom stereocenters. The minimum absolute atomic E-state index is 0.147. The smallest absolute Gasteiger partial charge is 0.194 e. The van der Waals surface area contributed by atoms with Crippen LogP contribution < -0.4 is 11.1 Å². The van der Waals surface area contributed by atoms with Crippen LogP contribution in [0.25, 0.3) is 5.57 Å². The largest absolute Gasteiger partial charge is 0.441 e. The van der Waals surface area contributed by atoms with Crippen LogP contribution in [-0.2, 0) is 16.0 Å². The number of allylic oxidation sites excluding steroid dienone is 9. The third-order valence-corrected chi connectivity index (χ3v) is 5.38. The van der Waals surface area contributed by atoms with Crippen molar-refractivity contribution in [3.63, 3.8) is 0 Å². The van der Waals surface area contributed by atoms with Gasteiger partial charge in [0.1, 0.15) is 11.7 Å². The Bertz CT molecular complexity index is 1080. The van der Waals surface area contributed by atoms with Gasteiger partial charge in [0.15, 0.2) is 5.88 Å². The monoisotopic (exact) mass is 486 g/mol. The molecule has 190 valence electrons. The van der Waals surface area contributed by atoms with Gasteiger partial charge in [0, 0.05) is 43.1 Å². The Labute approximate surface area is 215 Å². The summed E-state index contributed by atoms with van der Waals surface area (Å²) in [4.78, 5) is 14.7. The second-order valence-electron chi connectivity index (χ2n) is 7.98. The van der Waals surface area contributed by atoms with E-state index in [0.717, 1.165) is 29.5 Å². The minimum Gasteiger partial charge on any atom is -0.441 e. The zero-order chi connectivity index (χ0) is 26.8. The second kappa shape index (κ2) is 17.4. The van der Waals surface area contributed by atoms with Crippen molar-refractivity contribution in [3.05, 3.63) is 108 Å². The van der Waals surface area contributed by atoms with Gasteiger partial charge in [0.25, 0.3) is 0 Å². The number of hydrogen-bond donors (Lipinski definition) is 3. The Kier molecular flexibility index (Phi) is 14.6. The molecule has 0 fully saturated rings. The first-order chi connectivity index (χ1) is 17.4. The molecule has 1 aromatic rings. The molecule has 0 aromatic heterocycles. The third kappa shape index (κ3) is 10.5. The van der Waals surface area contributed by atoms with Gasteiger partial charge in [0.2, 0.25) is 0 Å². The number of aliphatic imine (C=N–C) groups is 1. The highest BCUT2D eigenvalue weighted by atomic mass is 16.5. The summed E-state index contributed by atoms with van der Waals surface area (Å²) in [5.41, 5.74) is 9.77. The van der Waals surface area contributed by atoms with E-state index >= 15 is 0 Å². The maximum Gasteiger partial charge on any atom is 0.194 e. The fourth-order valence-corrected chi connectivity index (χ4v) is 3.30. The van der Waals surface area contributed by atoms with E-state index < -0.39 is 0 Å². The Hall–Kier alpha value is -3.99. The standard InChI is InChI=1S/C30H38N4O2/c1-6-23(3)30(26-14-12-25(13-15-26)16-18-31)28(21-24(7-2)17-20-35)36-29(34-5)22-27(32)11-9-8-10-19-33-4/h7-10,12-15,17,19,21-23,32,34H,2,4,6,11,16,18,31H2,1,3,5H3/b9-8-,19-10-,24-21+,29-22+,30-28-,32-27?. The first-order valence-electron chi connectivity index (χ1n) is 11.9. The molecule has 1 aromatic carbocycles. The van der Waals surface area contributed by atoms with Crippen molar-refractivity contribution >= 4 is 23.9 Å². The molecule has 0 aliphatic heterocycles. The van der Waals surface area contributed by atoms with E-state index in [0.29, 0.717) is 35.9 Å². The summed E-state index contributed by atoms with van der Waals surface area (Å²) < 4.78 is 6.34. The van der Waals surface area contributed by atoms with Crippen molar-refractivity contribution in [1.82, 2.24) is 5.32 Å². The average molecular weight is 487 g/mol. The molecule has 6 nitrogen and oxygen atoms in total. The summed E-state index contributed by atoms with van der Waals surface area (Å²) in [6.45, 7) is 12.0. The van der Waals surface area contributed by atoms with Crippen molar-refractivity contribution in [2.75, 3.05) is 13.6 Å². The Morgan fingerprint density at radius 1 is 1.28 bits per heavy atom. The molecule has 4 N–H and O–H groups in total. The number of nitrogens with one attached hydrogen (secondary N) is 2. The minimum atomic E-state index is 0.147. The van der Waals surface area contributed by atoms with Crippen LogP contribution in [0, 0.1) is 11.3 Å². The van der Waals surface area contributed by atoms with Gasteiger partial charge in [-0.15, -0.1) is 0 Å². The predicted molar refractivity (Wildman–Crippen MR) is 153 cm³/mol. The van der Waals surface area contributed by atoms with E-state index in [4.69, 9.17) is 15.9 Å². The van der Waals surface area contributed by atoms with Gasteiger partial charge in [-0.3, -0.25) is 4.99 Å². The van der Waals surface area contributed by atoms with Gasteiger partial charge in [-0.25, -0.2) is 4.79 Å². The maximum absolute atomic E-state index is 11.1. The Morgan fingerprint density at radius 2 is 2.00 bits per heavy atom. The molecule has 0 aliphatic carbocycles. The van der Waals surface area contributed by atoms with E-state index in [2.05, 4.69) is 61.7 Å². The number of nitrogens with zero attached hydrogens (tertiary/aromatic N) is 1. The summed E-state index contributed by atoms with van der Waals surface area (Å²) in [5.74, 6) is 2.92. The molecule has 0 spiro atoms. The molecular weight excluding hydrogens is 448 g/mol. The lowest BCUT2D eigenvalue weighted by atomic mass is 9.89. The summed E-state index contributed by atoms with van der Waals surface area (Å²) in [7, 11) is 1.74. The average Bonchev–Trinajstić information content (AvgIpc) is 2.88. The number of ether oxygens (including phenoxy) is 1. The lowest BCUT2D eigenvalue weighted by Gasteiger charge is -2.21. The molecule has 0 bridgehead atoms. The van der Waals surface area contributed by atoms with Crippen molar-refractivity contribution in [1.29, 1.82) is 5.41 Å². The SMILES string of the molecule is C=C/C(C=C=O)=C\C(O/C(=C/C(=N)C/C=C\C=C/N=C)NC)=C(\c1ccc(CCN)cc1)C(C)CC. The van der Waals surface area contributed by atoms with Gasteiger partial charge in [-0.2, -0.15) is 0 Å². The molecule has 0 amide bonds. The van der Waals surface area contributed by atoms with E-state index in [-0.39, 0.29) is 5.92 Å². The van der Waals surface area contributed by atoms with Crippen LogP contribution in [0.15, 0.2) is 102 Å². The highest BCUT2D eigenvalue weighted by Gasteiger charge is 2.17. The molecule has 1 unspecified atom stereocenters. The molecule has 1 rings (SSSR count). The highest BCUT2D eigenvalue weighted by Crippen LogP contribution is 2.32. The molecule has 0 radical (unpaired) electrons. The van der Waals surface area contributed by atoms with Crippen LogP contribution in [-0.4, -0.2) is 32.0 Å². The summed E-state index contributed by atoms with van der Waals surface area (Å²) in [5, 5.41) is 11.4. The maximum atomic E-state index is 11.1. The topological polar surface area (TPSA) is 101 Å². The Balaban J connectivity index is 3.59. The number of nitrogens with two attached hydrogens (primary N) is 1. The Morgan fingerprint density at radius 3 is 2.56 bits per heavy atom. The fraction of sp³-hybridized carbons (Fsp3) is 0.267. The van der Waals surface area contributed by atoms with E-state index in [1.54, 1.807) is 37.6 Å². The van der Waals surface area contributed by atoms with Crippen molar-refractivity contribution in [2.24, 2.45) is 16.6 Å². The van der Waals surface area contributed by atoms with Gasteiger partial charge in [-0.05, 0) is 60.9 Å². The van der Waals surface area contributed by atoms with E-state index in [9.17, 15) is 4.79 Å². The van der Waals surface area contributed by atoms with Gasteiger partial charge in [-0.1, -0.05) is 62.9 Å². The van der Waals surface area contributed by atoms with Crippen LogP contribution in [0.4, 0.5) is 0 Å². The number of hydrogen-bond acceptors (Lipinski definition) is 6. The molecule has 0 saturated heterocycles. The van der Waals surface area contributed by atoms with Crippen molar-refractivity contribution < 1.29 is 9.53 Å². The third-order valence-electron chi connectivity index (χ3n) is 5.38. The normalized spacial score (nSPS) is 13.7. The quantitative estimate of drug-likeness (QED) is 0.121. The molecule has 6 heteroatoms. The first-order valence-corrected chi connectivity index (χ1v) is 11.9. The summed E-state index contributed by atoms with van der Waals surface area (Å²) >= 11 is 0. The number of rotatable bonds is 16.